The molecule has 2 aliphatic heterocycles. The maximum atomic E-state index is 9.55. The van der Waals surface area contributed by atoms with Gasteiger partial charge in [0.25, 0.3) is 0 Å². The zero-order valence-corrected chi connectivity index (χ0v) is 10.5. The van der Waals surface area contributed by atoms with Crippen LogP contribution in [0.25, 0.3) is 0 Å². The topological polar surface area (TPSA) is 98.7 Å². The molecule has 2 heterocycles. The maximum absolute atomic E-state index is 9.55. The molecule has 0 radical (unpaired) electrons. The van der Waals surface area contributed by atoms with Gasteiger partial charge < -0.3 is 20.8 Å². The summed E-state index contributed by atoms with van der Waals surface area (Å²) >= 11 is 0. The number of nitrogens with one attached hydrogen (secondary N) is 2. The molecule has 0 bridgehead atoms. The highest BCUT2D eigenvalue weighted by Gasteiger charge is 1.93. The Morgan fingerprint density at radius 2 is 1.00 bits per heavy atom. The first kappa shape index (κ1) is 16.6. The zero-order chi connectivity index (χ0) is 13.6. The lowest BCUT2D eigenvalue weighted by atomic mass is 10.4. The first-order valence-electron chi connectivity index (χ1n) is 6.18. The van der Waals surface area contributed by atoms with Gasteiger partial charge in [0, 0.05) is 12.2 Å². The molecule has 104 valence electrons. The van der Waals surface area contributed by atoms with Crippen molar-refractivity contribution in [2.24, 2.45) is 0 Å². The lowest BCUT2D eigenvalue weighted by Crippen LogP contribution is -2.03. The fourth-order valence-corrected chi connectivity index (χ4v) is 1.39. The van der Waals surface area contributed by atoms with E-state index in [-0.39, 0.29) is 0 Å². The Morgan fingerprint density at radius 3 is 1.11 bits per heavy atom. The van der Waals surface area contributed by atoms with Gasteiger partial charge in [-0.1, -0.05) is 0 Å². The fraction of sp³-hybridized carbons (Fsp3) is 0.667. The van der Waals surface area contributed by atoms with Gasteiger partial charge in [-0.25, -0.2) is 9.59 Å². The normalized spacial score (nSPS) is 17.6. The third kappa shape index (κ3) is 14.6. The van der Waals surface area contributed by atoms with Crippen LogP contribution in [0.1, 0.15) is 25.7 Å². The van der Waals surface area contributed by atoms with E-state index in [4.69, 9.17) is 10.2 Å². The highest BCUT2D eigenvalue weighted by Crippen LogP contribution is 1.90. The van der Waals surface area contributed by atoms with E-state index >= 15 is 0 Å². The Kier molecular flexibility index (Phi) is 11.1. The molecule has 0 amide bonds. The summed E-state index contributed by atoms with van der Waals surface area (Å²) in [5.41, 5.74) is 0. The second-order valence-corrected chi connectivity index (χ2v) is 3.92. The molecule has 2 aliphatic rings. The molecule has 0 atom stereocenters. The molecular weight excluding hydrogens is 236 g/mol. The minimum absolute atomic E-state index is 0.558. The molecule has 0 aliphatic carbocycles. The van der Waals surface area contributed by atoms with E-state index in [9.17, 15) is 9.59 Å². The van der Waals surface area contributed by atoms with Crippen LogP contribution in [0.15, 0.2) is 12.2 Å². The van der Waals surface area contributed by atoms with Gasteiger partial charge in [-0.3, -0.25) is 0 Å². The molecule has 2 fully saturated rings. The van der Waals surface area contributed by atoms with Crippen molar-refractivity contribution in [1.82, 2.24) is 10.6 Å². The van der Waals surface area contributed by atoms with Crippen molar-refractivity contribution in [2.45, 2.75) is 25.7 Å². The number of carboxylic acid groups (broad SMARTS) is 2. The lowest BCUT2D eigenvalue weighted by molar-refractivity contribution is -0.134. The van der Waals surface area contributed by atoms with Gasteiger partial charge in [0.1, 0.15) is 0 Å². The fourth-order valence-electron chi connectivity index (χ4n) is 1.39. The molecule has 18 heavy (non-hydrogen) atoms. The average Bonchev–Trinajstić information content (AvgIpc) is 3.03. The Hall–Kier alpha value is -1.40. The zero-order valence-electron chi connectivity index (χ0n) is 10.5. The Bertz CT molecular complexity index is 218. The largest absolute Gasteiger partial charge is 0.478 e. The van der Waals surface area contributed by atoms with E-state index < -0.39 is 11.9 Å². The molecule has 4 N–H and O–H groups in total. The van der Waals surface area contributed by atoms with Crippen LogP contribution in [0.4, 0.5) is 0 Å². The molecule has 0 saturated carbocycles. The van der Waals surface area contributed by atoms with Crippen molar-refractivity contribution in [2.75, 3.05) is 26.2 Å². The maximum Gasteiger partial charge on any atom is 0.328 e. The Balaban J connectivity index is 0.000000250. The van der Waals surface area contributed by atoms with Crippen molar-refractivity contribution in [3.8, 4) is 0 Å². The molecule has 0 aromatic carbocycles. The minimum Gasteiger partial charge on any atom is -0.478 e. The summed E-state index contributed by atoms with van der Waals surface area (Å²) in [5, 5.41) is 22.1. The molecular formula is C12H22N2O4. The number of rotatable bonds is 2. The summed E-state index contributed by atoms with van der Waals surface area (Å²) in [7, 11) is 0. The van der Waals surface area contributed by atoms with E-state index in [0.717, 1.165) is 0 Å². The van der Waals surface area contributed by atoms with Gasteiger partial charge in [0.05, 0.1) is 0 Å². The van der Waals surface area contributed by atoms with E-state index in [2.05, 4.69) is 10.6 Å². The molecule has 2 saturated heterocycles. The smallest absolute Gasteiger partial charge is 0.328 e. The van der Waals surface area contributed by atoms with Crippen molar-refractivity contribution in [1.29, 1.82) is 0 Å². The van der Waals surface area contributed by atoms with Crippen molar-refractivity contribution < 1.29 is 19.8 Å². The first-order valence-corrected chi connectivity index (χ1v) is 6.18. The Morgan fingerprint density at radius 1 is 0.722 bits per heavy atom. The van der Waals surface area contributed by atoms with E-state index in [1.165, 1.54) is 51.9 Å². The van der Waals surface area contributed by atoms with Gasteiger partial charge in [0.15, 0.2) is 0 Å². The van der Waals surface area contributed by atoms with Gasteiger partial charge in [-0.15, -0.1) is 0 Å². The predicted molar refractivity (Wildman–Crippen MR) is 68.6 cm³/mol. The summed E-state index contributed by atoms with van der Waals surface area (Å²) in [4.78, 5) is 19.1. The Labute approximate surface area is 107 Å². The number of carbonyl (C=O) groups is 2. The van der Waals surface area contributed by atoms with Gasteiger partial charge in [-0.2, -0.15) is 0 Å². The number of hydrogen-bond acceptors (Lipinski definition) is 4. The lowest BCUT2D eigenvalue weighted by Gasteiger charge is -1.76. The second kappa shape index (κ2) is 12.1. The van der Waals surface area contributed by atoms with Gasteiger partial charge >= 0.3 is 11.9 Å². The summed E-state index contributed by atoms with van der Waals surface area (Å²) < 4.78 is 0. The summed E-state index contributed by atoms with van der Waals surface area (Å²) in [6.45, 7) is 5.00. The quantitative estimate of drug-likeness (QED) is 0.537. The van der Waals surface area contributed by atoms with Crippen LogP contribution in [0, 0.1) is 0 Å². The summed E-state index contributed by atoms with van der Waals surface area (Å²) in [6.07, 6.45) is 6.67. The van der Waals surface area contributed by atoms with Crippen LogP contribution in [-0.4, -0.2) is 48.3 Å². The van der Waals surface area contributed by atoms with E-state index in [1.54, 1.807) is 0 Å². The molecule has 6 heteroatoms. The summed E-state index contributed by atoms with van der Waals surface area (Å²) in [6, 6.07) is 0. The third-order valence-electron chi connectivity index (χ3n) is 2.28. The van der Waals surface area contributed by atoms with E-state index in [0.29, 0.717) is 12.2 Å². The predicted octanol–water partition coefficient (Wildman–Crippen LogP) is 0.451. The minimum atomic E-state index is -1.26. The number of carboxylic acids is 2. The van der Waals surface area contributed by atoms with Crippen LogP contribution < -0.4 is 10.6 Å². The molecule has 6 nitrogen and oxygen atoms in total. The van der Waals surface area contributed by atoms with Crippen LogP contribution in [0.3, 0.4) is 0 Å². The van der Waals surface area contributed by atoms with Crippen molar-refractivity contribution in [3.05, 3.63) is 12.2 Å². The third-order valence-corrected chi connectivity index (χ3v) is 2.28. The first-order chi connectivity index (χ1) is 8.63. The van der Waals surface area contributed by atoms with Crippen LogP contribution >= 0.6 is 0 Å². The number of aliphatic carboxylic acids is 2. The SMILES string of the molecule is C1CCNC1.C1CCNC1.O=C(O)C=CC(=O)O. The molecule has 0 unspecified atom stereocenters. The van der Waals surface area contributed by atoms with Gasteiger partial charge in [-0.05, 0) is 51.9 Å². The standard InChI is InChI=1S/2C4H9N.C4H4O4/c2*1-2-4-5-3-1;5-3(6)1-2-4(7)8/h2*5H,1-4H2;1-2H,(H,5,6)(H,7,8). The summed E-state index contributed by atoms with van der Waals surface area (Å²) in [5.74, 6) is -2.51. The average molecular weight is 258 g/mol. The molecule has 0 aromatic rings. The monoisotopic (exact) mass is 258 g/mol. The van der Waals surface area contributed by atoms with Crippen LogP contribution in [-0.2, 0) is 9.59 Å². The highest BCUT2D eigenvalue weighted by molar-refractivity contribution is 5.89. The van der Waals surface area contributed by atoms with Crippen LogP contribution in [0.2, 0.25) is 0 Å². The van der Waals surface area contributed by atoms with Crippen molar-refractivity contribution >= 4 is 11.9 Å². The highest BCUT2D eigenvalue weighted by atomic mass is 16.4. The van der Waals surface area contributed by atoms with E-state index in [1.807, 2.05) is 0 Å². The van der Waals surface area contributed by atoms with Gasteiger partial charge in [0.2, 0.25) is 0 Å². The van der Waals surface area contributed by atoms with Crippen molar-refractivity contribution in [3.63, 3.8) is 0 Å². The second-order valence-electron chi connectivity index (χ2n) is 3.92. The number of hydrogen-bond donors (Lipinski definition) is 4. The molecule has 2 rings (SSSR count). The molecule has 0 spiro atoms. The molecule has 0 aromatic heterocycles. The van der Waals surface area contributed by atoms with Crippen LogP contribution in [0.5, 0.6) is 0 Å².